The van der Waals surface area contributed by atoms with Crippen molar-refractivity contribution < 1.29 is 66.2 Å². The molecule has 2 atom stereocenters. The third-order valence-corrected chi connectivity index (χ3v) is 7.56. The molecule has 1 fully saturated rings. The Labute approximate surface area is 246 Å². The molecule has 234 valence electrons. The molecule has 2 amide bonds. The zero-order chi connectivity index (χ0) is 26.9. The van der Waals surface area contributed by atoms with Gasteiger partial charge in [0.15, 0.2) is 29.8 Å². The van der Waals surface area contributed by atoms with E-state index in [2.05, 4.69) is 15.5 Å². The Morgan fingerprint density at radius 2 is 1.79 bits per heavy atom. The van der Waals surface area contributed by atoms with Gasteiger partial charge in [0.1, 0.15) is 22.8 Å². The number of nitrogens with two attached hydrogens (primary N) is 1. The number of nitrogen functional groups attached to an aromatic ring is 1. The van der Waals surface area contributed by atoms with Gasteiger partial charge in [-0.15, -0.1) is 23.1 Å². The molecule has 4 rings (SSSR count). The summed E-state index contributed by atoms with van der Waals surface area (Å²) in [5.41, 5.74) is 4.04. The molecule has 0 spiro atoms. The first-order chi connectivity index (χ1) is 17.5. The monoisotopic (exact) mass is 637 g/mol. The van der Waals surface area contributed by atoms with E-state index in [-0.39, 0.29) is 49.6 Å². The zero-order valence-electron chi connectivity index (χ0n) is 22.2. The van der Waals surface area contributed by atoms with Gasteiger partial charge in [0.2, 0.25) is 5.60 Å². The SMILES string of the molecule is CC(C)(ON=C(C(=O)N[C@@H]1C(=O)N2C(C(=O)O)=C(C[n+]3ccccc3)CS[C@H]12)c1csc(N)n1)C(=O)O.O.O.O.O.O. The minimum atomic E-state index is -1.75. The number of thiazole rings is 1. The number of carbonyl (C=O) groups excluding carboxylic acids is 2. The number of carboxylic acid groups (broad SMARTS) is 2. The van der Waals surface area contributed by atoms with Crippen LogP contribution in [0.25, 0.3) is 0 Å². The van der Waals surface area contributed by atoms with E-state index >= 15 is 0 Å². The van der Waals surface area contributed by atoms with Crippen LogP contribution in [0.4, 0.5) is 5.13 Å². The number of carboxylic acids is 2. The Morgan fingerprint density at radius 3 is 2.31 bits per heavy atom. The van der Waals surface area contributed by atoms with Crippen LogP contribution in [0.2, 0.25) is 0 Å². The lowest BCUT2D eigenvalue weighted by molar-refractivity contribution is -0.689. The van der Waals surface area contributed by atoms with Crippen LogP contribution in [-0.4, -0.2) is 99.7 Å². The summed E-state index contributed by atoms with van der Waals surface area (Å²) in [7, 11) is 0. The van der Waals surface area contributed by atoms with Gasteiger partial charge in [0, 0.05) is 28.8 Å². The number of β-lactam (4-membered cyclic amide) rings is 1. The molecule has 20 heteroatoms. The highest BCUT2D eigenvalue weighted by molar-refractivity contribution is 8.00. The van der Waals surface area contributed by atoms with Crippen molar-refractivity contribution in [3.05, 3.63) is 52.9 Å². The Kier molecular flexibility index (Phi) is 15.0. The Morgan fingerprint density at radius 1 is 1.17 bits per heavy atom. The number of hydrogen-bond donors (Lipinski definition) is 4. The highest BCUT2D eigenvalue weighted by atomic mass is 32.2. The number of oxime groups is 1. The zero-order valence-corrected chi connectivity index (χ0v) is 23.8. The number of carbonyl (C=O) groups is 4. The predicted octanol–water partition coefficient (Wildman–Crippen LogP) is -4.09. The first-order valence-electron chi connectivity index (χ1n) is 10.9. The molecule has 2 aliphatic heterocycles. The van der Waals surface area contributed by atoms with E-state index in [1.54, 1.807) is 12.4 Å². The maximum Gasteiger partial charge on any atom is 0.352 e. The quantitative estimate of drug-likeness (QED) is 0.0890. The second-order valence-electron chi connectivity index (χ2n) is 8.58. The molecule has 0 aliphatic carbocycles. The van der Waals surface area contributed by atoms with E-state index in [0.29, 0.717) is 17.9 Å². The molecule has 2 aliphatic rings. The summed E-state index contributed by atoms with van der Waals surface area (Å²) in [5, 5.41) is 26.3. The third kappa shape index (κ3) is 7.97. The van der Waals surface area contributed by atoms with Crippen LogP contribution >= 0.6 is 23.1 Å². The normalized spacial score (nSPS) is 17.3. The van der Waals surface area contributed by atoms with Gasteiger partial charge >= 0.3 is 11.9 Å². The molecule has 2 aromatic rings. The number of nitrogens with zero attached hydrogens (tertiary/aromatic N) is 4. The average molecular weight is 638 g/mol. The Balaban J connectivity index is 0. The fourth-order valence-corrected chi connectivity index (χ4v) is 5.46. The molecule has 4 heterocycles. The van der Waals surface area contributed by atoms with Crippen LogP contribution in [0.15, 0.2) is 52.4 Å². The second-order valence-corrected chi connectivity index (χ2v) is 10.6. The summed E-state index contributed by atoms with van der Waals surface area (Å²) < 4.78 is 1.81. The second kappa shape index (κ2) is 15.7. The number of aromatic nitrogens is 2. The molecule has 42 heavy (non-hydrogen) atoms. The van der Waals surface area contributed by atoms with Crippen LogP contribution in [0, 0.1) is 0 Å². The number of nitrogens with one attached hydrogen (secondary N) is 1. The summed E-state index contributed by atoms with van der Waals surface area (Å²) >= 11 is 2.35. The number of rotatable bonds is 9. The molecular formula is C22H33N6O12S2+. The molecule has 0 bridgehead atoms. The molecular weight excluding hydrogens is 604 g/mol. The number of thioether (sulfide) groups is 1. The standard InChI is InChI=1S/C22H22N6O7S2.5H2O/c1-22(2,20(33)34)35-26-13(12-10-37-21(23)24-12)16(29)25-14-17(30)28-15(19(31)32)11(9-36-18(14)28)8-27-6-4-3-5-7-27;;;;;/h3-7,10,14,18H,8-9H2,1-2H3,(H4-,23,24,25,29,31,32,33,34);5*1H2/p+1/t14-,18-;;;;;/m1...../s1. The van der Waals surface area contributed by atoms with Crippen molar-refractivity contribution in [2.75, 3.05) is 11.5 Å². The van der Waals surface area contributed by atoms with Gasteiger partial charge in [-0.25, -0.2) is 19.1 Å². The van der Waals surface area contributed by atoms with Crippen molar-refractivity contribution >= 4 is 57.7 Å². The summed E-state index contributed by atoms with van der Waals surface area (Å²) in [4.78, 5) is 59.9. The van der Waals surface area contributed by atoms with Crippen LogP contribution in [0.5, 0.6) is 0 Å². The topological polar surface area (TPSA) is 346 Å². The fraction of sp³-hybridized carbons (Fsp3) is 0.318. The third-order valence-electron chi connectivity index (χ3n) is 5.55. The highest BCUT2D eigenvalue weighted by Gasteiger charge is 2.54. The maximum absolute atomic E-state index is 13.1. The molecule has 18 nitrogen and oxygen atoms in total. The summed E-state index contributed by atoms with van der Waals surface area (Å²) in [5.74, 6) is -3.66. The van der Waals surface area contributed by atoms with E-state index < -0.39 is 40.8 Å². The van der Waals surface area contributed by atoms with Gasteiger partial charge in [-0.1, -0.05) is 11.2 Å². The number of anilines is 1. The summed E-state index contributed by atoms with van der Waals surface area (Å²) in [6.45, 7) is 2.80. The van der Waals surface area contributed by atoms with Gasteiger partial charge in [-0.3, -0.25) is 14.5 Å². The number of fused-ring (bicyclic) bond motifs is 1. The minimum absolute atomic E-state index is 0. The van der Waals surface area contributed by atoms with Crippen LogP contribution in [0.1, 0.15) is 19.5 Å². The molecule has 1 saturated heterocycles. The van der Waals surface area contributed by atoms with E-state index in [0.717, 1.165) is 11.3 Å². The lowest BCUT2D eigenvalue weighted by Crippen LogP contribution is -2.71. The van der Waals surface area contributed by atoms with Crippen LogP contribution in [-0.2, 0) is 30.6 Å². The van der Waals surface area contributed by atoms with Crippen molar-refractivity contribution in [2.24, 2.45) is 5.16 Å². The molecule has 0 saturated carbocycles. The van der Waals surface area contributed by atoms with Gasteiger partial charge in [0.05, 0.1) is 0 Å². The van der Waals surface area contributed by atoms with Gasteiger partial charge < -0.3 is 53.5 Å². The van der Waals surface area contributed by atoms with Crippen molar-refractivity contribution in [1.82, 2.24) is 15.2 Å². The first kappa shape index (κ1) is 40.0. The first-order valence-corrected chi connectivity index (χ1v) is 12.8. The van der Waals surface area contributed by atoms with E-state index in [9.17, 15) is 29.4 Å². The van der Waals surface area contributed by atoms with Crippen LogP contribution in [0.3, 0.4) is 0 Å². The van der Waals surface area contributed by atoms with Crippen molar-refractivity contribution in [2.45, 2.75) is 37.4 Å². The lowest BCUT2D eigenvalue weighted by Gasteiger charge is -2.49. The van der Waals surface area contributed by atoms with Crippen molar-refractivity contribution in [1.29, 1.82) is 0 Å². The van der Waals surface area contributed by atoms with Crippen molar-refractivity contribution in [3.63, 3.8) is 0 Å². The van der Waals surface area contributed by atoms with Gasteiger partial charge in [-0.05, 0) is 13.8 Å². The van der Waals surface area contributed by atoms with E-state index in [1.165, 1.54) is 35.9 Å². The van der Waals surface area contributed by atoms with E-state index in [1.807, 2.05) is 22.8 Å². The minimum Gasteiger partial charge on any atom is -0.478 e. The molecule has 0 aromatic carbocycles. The molecule has 0 radical (unpaired) electrons. The smallest absolute Gasteiger partial charge is 0.352 e. The lowest BCUT2D eigenvalue weighted by atomic mass is 10.0. The summed E-state index contributed by atoms with van der Waals surface area (Å²) in [6, 6.07) is 4.44. The fourth-order valence-electron chi connectivity index (χ4n) is 3.57. The highest BCUT2D eigenvalue weighted by Crippen LogP contribution is 2.40. The summed E-state index contributed by atoms with van der Waals surface area (Å²) in [6.07, 6.45) is 3.59. The average Bonchev–Trinajstić information content (AvgIpc) is 3.28. The number of amides is 2. The van der Waals surface area contributed by atoms with Gasteiger partial charge in [0.25, 0.3) is 11.8 Å². The van der Waals surface area contributed by atoms with Gasteiger partial charge in [-0.2, -0.15) is 0 Å². The number of hydrogen-bond acceptors (Lipinski definition) is 10. The van der Waals surface area contributed by atoms with Crippen LogP contribution < -0.4 is 15.6 Å². The molecule has 15 N–H and O–H groups in total. The Hall–Kier alpha value is -4.18. The maximum atomic E-state index is 13.1. The Bertz CT molecular complexity index is 1330. The largest absolute Gasteiger partial charge is 0.478 e. The number of pyridine rings is 1. The van der Waals surface area contributed by atoms with Crippen molar-refractivity contribution in [3.8, 4) is 0 Å². The molecule has 2 aromatic heterocycles. The predicted molar refractivity (Wildman–Crippen MR) is 150 cm³/mol. The van der Waals surface area contributed by atoms with E-state index in [4.69, 9.17) is 10.6 Å². The number of aliphatic carboxylic acids is 2. The molecule has 0 unspecified atom stereocenters.